The maximum Gasteiger partial charge on any atom is 0.339 e. The predicted molar refractivity (Wildman–Crippen MR) is 187 cm³/mol. The number of ether oxygens (including phenoxy) is 1. The SMILES string of the molecule is COC(=O)c1ccccc1NC(C)c1cc(C)cc2c(=O)n([C@H]3C[C@H](O[Si](C)(C)C(C)(C)C)C3)c(N3Cc4ccccc4C3)nc12. The summed E-state index contributed by atoms with van der Waals surface area (Å²) in [6.07, 6.45) is 1.74. The number of anilines is 2. The first-order chi connectivity index (χ1) is 21.8. The number of carbonyl (C=O) groups is 1. The van der Waals surface area contributed by atoms with E-state index in [4.69, 9.17) is 14.1 Å². The van der Waals surface area contributed by atoms with E-state index in [0.717, 1.165) is 24.0 Å². The summed E-state index contributed by atoms with van der Waals surface area (Å²) in [5.74, 6) is 0.300. The van der Waals surface area contributed by atoms with Crippen molar-refractivity contribution in [2.75, 3.05) is 17.3 Å². The number of carbonyl (C=O) groups excluding carboxylic acids is 1. The van der Waals surface area contributed by atoms with E-state index >= 15 is 0 Å². The molecular weight excluding hydrogens is 593 g/mol. The van der Waals surface area contributed by atoms with Crippen LogP contribution in [0.3, 0.4) is 0 Å². The third-order valence-corrected chi connectivity index (χ3v) is 14.7. The Bertz CT molecular complexity index is 1830. The number of aryl methyl sites for hydroxylation is 1. The average Bonchev–Trinajstić information content (AvgIpc) is 3.42. The fourth-order valence-electron chi connectivity index (χ4n) is 6.47. The molecule has 1 N–H and O–H groups in total. The van der Waals surface area contributed by atoms with Gasteiger partial charge in [0.05, 0.1) is 29.6 Å². The topological polar surface area (TPSA) is 85.7 Å². The number of nitrogens with zero attached hydrogens (tertiary/aromatic N) is 3. The van der Waals surface area contributed by atoms with Gasteiger partial charge in [-0.15, -0.1) is 0 Å². The molecule has 1 fully saturated rings. The van der Waals surface area contributed by atoms with E-state index in [1.165, 1.54) is 18.2 Å². The van der Waals surface area contributed by atoms with Crippen LogP contribution >= 0.6 is 0 Å². The second-order valence-electron chi connectivity index (χ2n) is 14.5. The van der Waals surface area contributed by atoms with Gasteiger partial charge in [-0.05, 0) is 79.7 Å². The molecule has 2 aliphatic rings. The zero-order chi connectivity index (χ0) is 33.0. The van der Waals surface area contributed by atoms with E-state index in [-0.39, 0.29) is 28.8 Å². The third kappa shape index (κ3) is 5.86. The van der Waals surface area contributed by atoms with Gasteiger partial charge in [-0.2, -0.15) is 0 Å². The lowest BCUT2D eigenvalue weighted by Crippen LogP contribution is -2.49. The fraction of sp³-hybridized carbons (Fsp3) is 0.432. The summed E-state index contributed by atoms with van der Waals surface area (Å²) in [7, 11) is -0.548. The minimum atomic E-state index is -1.93. The van der Waals surface area contributed by atoms with Gasteiger partial charge in [-0.3, -0.25) is 9.36 Å². The number of para-hydroxylation sites is 1. The number of hydrogen-bond acceptors (Lipinski definition) is 7. The van der Waals surface area contributed by atoms with Crippen molar-refractivity contribution in [3.63, 3.8) is 0 Å². The minimum absolute atomic E-state index is 0.0150. The van der Waals surface area contributed by atoms with Crippen LogP contribution < -0.4 is 15.8 Å². The van der Waals surface area contributed by atoms with Crippen molar-refractivity contribution < 1.29 is 14.0 Å². The van der Waals surface area contributed by atoms with E-state index in [0.29, 0.717) is 41.2 Å². The lowest BCUT2D eigenvalue weighted by Gasteiger charge is -2.45. The van der Waals surface area contributed by atoms with E-state index in [2.05, 4.69) is 74.4 Å². The highest BCUT2D eigenvalue weighted by Gasteiger charge is 2.44. The summed E-state index contributed by atoms with van der Waals surface area (Å²) in [6, 6.07) is 19.6. The van der Waals surface area contributed by atoms with Crippen molar-refractivity contribution in [1.82, 2.24) is 9.55 Å². The van der Waals surface area contributed by atoms with Crippen LogP contribution in [0.25, 0.3) is 10.9 Å². The summed E-state index contributed by atoms with van der Waals surface area (Å²) in [4.78, 5) is 34.7. The molecule has 4 aromatic rings. The summed E-state index contributed by atoms with van der Waals surface area (Å²) >= 11 is 0. The van der Waals surface area contributed by atoms with Crippen LogP contribution in [-0.2, 0) is 22.3 Å². The molecule has 1 atom stereocenters. The first-order valence-electron chi connectivity index (χ1n) is 16.3. The summed E-state index contributed by atoms with van der Waals surface area (Å²) in [5.41, 5.74) is 6.20. The molecule has 1 saturated carbocycles. The Balaban J connectivity index is 1.42. The van der Waals surface area contributed by atoms with Gasteiger partial charge in [-0.1, -0.05) is 63.2 Å². The highest BCUT2D eigenvalue weighted by molar-refractivity contribution is 6.74. The minimum Gasteiger partial charge on any atom is -0.465 e. The quantitative estimate of drug-likeness (QED) is 0.155. The molecule has 1 aliphatic heterocycles. The fourth-order valence-corrected chi connectivity index (χ4v) is 7.85. The lowest BCUT2D eigenvalue weighted by atomic mass is 9.89. The molecule has 8 nitrogen and oxygen atoms in total. The molecule has 46 heavy (non-hydrogen) atoms. The van der Waals surface area contributed by atoms with Gasteiger partial charge in [0.1, 0.15) is 0 Å². The molecule has 0 spiro atoms. The molecule has 6 rings (SSSR count). The van der Waals surface area contributed by atoms with Gasteiger partial charge in [0, 0.05) is 36.5 Å². The van der Waals surface area contributed by atoms with Crippen LogP contribution in [0, 0.1) is 6.92 Å². The third-order valence-electron chi connectivity index (χ3n) is 10.2. The van der Waals surface area contributed by atoms with Gasteiger partial charge in [0.2, 0.25) is 5.95 Å². The Kier molecular flexibility index (Phi) is 8.35. The predicted octanol–water partition coefficient (Wildman–Crippen LogP) is 7.91. The van der Waals surface area contributed by atoms with Crippen LogP contribution in [0.15, 0.2) is 65.5 Å². The number of nitrogens with one attached hydrogen (secondary N) is 1. The first-order valence-corrected chi connectivity index (χ1v) is 19.2. The molecule has 1 aliphatic carbocycles. The molecule has 9 heteroatoms. The standard InChI is InChI=1S/C37H46N4O4Si/c1-23-17-30(24(2)38-32-16-12-11-15-29(32)35(43)44-6)33-31(18-23)34(42)41(27-19-28(20-27)45-46(7,8)37(3,4)5)36(39-33)40-21-25-13-9-10-14-26(25)22-40/h9-18,24,27-28,38H,19-22H2,1-8H3/t24?,27-,28-. The number of rotatable bonds is 8. The Morgan fingerprint density at radius 1 is 1.02 bits per heavy atom. The summed E-state index contributed by atoms with van der Waals surface area (Å²) < 4.78 is 13.7. The highest BCUT2D eigenvalue weighted by Crippen LogP contribution is 2.44. The molecule has 3 aromatic carbocycles. The molecule has 1 aromatic heterocycles. The van der Waals surface area contributed by atoms with Crippen LogP contribution in [-0.4, -0.2) is 37.1 Å². The van der Waals surface area contributed by atoms with Crippen molar-refractivity contribution in [2.45, 2.75) is 96.9 Å². The molecular formula is C37H46N4O4Si. The Hall–Kier alpha value is -3.95. The second-order valence-corrected chi connectivity index (χ2v) is 19.2. The number of aromatic nitrogens is 2. The van der Waals surface area contributed by atoms with Crippen molar-refractivity contribution in [1.29, 1.82) is 0 Å². The average molecular weight is 639 g/mol. The Morgan fingerprint density at radius 3 is 2.28 bits per heavy atom. The van der Waals surface area contributed by atoms with Crippen LogP contribution in [0.4, 0.5) is 11.6 Å². The second kappa shape index (κ2) is 12.0. The summed E-state index contributed by atoms with van der Waals surface area (Å²) in [6.45, 7) is 16.8. The molecule has 242 valence electrons. The Labute approximate surface area is 272 Å². The van der Waals surface area contributed by atoms with Crippen molar-refractivity contribution in [3.05, 3.63) is 98.8 Å². The number of benzene rings is 3. The molecule has 1 unspecified atom stereocenters. The van der Waals surface area contributed by atoms with Gasteiger partial charge in [0.25, 0.3) is 5.56 Å². The van der Waals surface area contributed by atoms with Crippen molar-refractivity contribution in [2.24, 2.45) is 0 Å². The van der Waals surface area contributed by atoms with Gasteiger partial charge >= 0.3 is 5.97 Å². The highest BCUT2D eigenvalue weighted by atomic mass is 28.4. The number of hydrogen-bond donors (Lipinski definition) is 1. The summed E-state index contributed by atoms with van der Waals surface area (Å²) in [5, 5.41) is 4.24. The van der Waals surface area contributed by atoms with E-state index in [1.54, 1.807) is 6.07 Å². The zero-order valence-corrected chi connectivity index (χ0v) is 29.3. The van der Waals surface area contributed by atoms with Crippen LogP contribution in [0.5, 0.6) is 0 Å². The molecule has 2 heterocycles. The lowest BCUT2D eigenvalue weighted by molar-refractivity contribution is 0.0568. The van der Waals surface area contributed by atoms with Crippen LogP contribution in [0.2, 0.25) is 18.1 Å². The number of esters is 1. The molecule has 0 saturated heterocycles. The zero-order valence-electron chi connectivity index (χ0n) is 28.3. The van der Waals surface area contributed by atoms with E-state index < -0.39 is 14.3 Å². The largest absolute Gasteiger partial charge is 0.465 e. The molecule has 0 bridgehead atoms. The van der Waals surface area contributed by atoms with Gasteiger partial charge in [0.15, 0.2) is 8.32 Å². The van der Waals surface area contributed by atoms with Gasteiger partial charge < -0.3 is 19.4 Å². The first kappa shape index (κ1) is 32.0. The maximum absolute atomic E-state index is 14.6. The van der Waals surface area contributed by atoms with Crippen LogP contribution in [0.1, 0.15) is 85.2 Å². The van der Waals surface area contributed by atoms with Crippen molar-refractivity contribution >= 4 is 36.8 Å². The normalized spacial score (nSPS) is 18.7. The number of fused-ring (bicyclic) bond motifs is 2. The van der Waals surface area contributed by atoms with Crippen molar-refractivity contribution in [3.8, 4) is 0 Å². The maximum atomic E-state index is 14.6. The monoisotopic (exact) mass is 638 g/mol. The smallest absolute Gasteiger partial charge is 0.339 e. The Morgan fingerprint density at radius 2 is 1.65 bits per heavy atom. The van der Waals surface area contributed by atoms with E-state index in [1.807, 2.05) is 42.7 Å². The number of methoxy groups -OCH3 is 1. The molecule has 0 radical (unpaired) electrons. The molecule has 0 amide bonds. The van der Waals surface area contributed by atoms with E-state index in [9.17, 15) is 9.59 Å². The van der Waals surface area contributed by atoms with Gasteiger partial charge in [-0.25, -0.2) is 9.78 Å².